The quantitative estimate of drug-likeness (QED) is 0.333. The molecular formula is C25H28N8O3S2. The fraction of sp³-hybridized carbons (Fsp3) is 0.360. The van der Waals surface area contributed by atoms with Gasteiger partial charge in [0.15, 0.2) is 21.5 Å². The summed E-state index contributed by atoms with van der Waals surface area (Å²) in [5.74, 6) is 1.46. The highest BCUT2D eigenvalue weighted by molar-refractivity contribution is 7.92. The molecule has 11 nitrogen and oxygen atoms in total. The number of benzene rings is 1. The number of nitrogens with zero attached hydrogens (tertiary/aromatic N) is 5. The topological polar surface area (TPSA) is 148 Å². The summed E-state index contributed by atoms with van der Waals surface area (Å²) >= 11 is 1.52. The van der Waals surface area contributed by atoms with E-state index in [9.17, 15) is 8.42 Å². The lowest BCUT2D eigenvalue weighted by Gasteiger charge is -2.28. The number of nitrogens with two attached hydrogens (primary N) is 1. The van der Waals surface area contributed by atoms with Gasteiger partial charge in [0.05, 0.1) is 33.9 Å². The van der Waals surface area contributed by atoms with Gasteiger partial charge in [0.2, 0.25) is 5.95 Å². The normalized spacial score (nSPS) is 18.7. The summed E-state index contributed by atoms with van der Waals surface area (Å²) in [6.45, 7) is 6.29. The Labute approximate surface area is 224 Å². The summed E-state index contributed by atoms with van der Waals surface area (Å²) in [7, 11) is -3.64. The third-order valence-electron chi connectivity index (χ3n) is 6.80. The van der Waals surface area contributed by atoms with Gasteiger partial charge in [-0.15, -0.1) is 11.3 Å². The second kappa shape index (κ2) is 10.2. The highest BCUT2D eigenvalue weighted by Gasteiger charge is 2.32. The number of hydrogen-bond acceptors (Lipinski definition) is 12. The fourth-order valence-electron chi connectivity index (χ4n) is 4.80. The van der Waals surface area contributed by atoms with Crippen LogP contribution in [0.4, 0.5) is 11.8 Å². The maximum Gasteiger partial charge on any atom is 0.219 e. The number of nitrogen functional groups attached to an aromatic ring is 1. The van der Waals surface area contributed by atoms with Crippen LogP contribution in [-0.4, -0.2) is 79.7 Å². The van der Waals surface area contributed by atoms with Gasteiger partial charge in [-0.3, -0.25) is 5.32 Å². The summed E-state index contributed by atoms with van der Waals surface area (Å²) < 4.78 is 33.9. The second-order valence-corrected chi connectivity index (χ2v) is 12.3. The molecule has 38 heavy (non-hydrogen) atoms. The van der Waals surface area contributed by atoms with Crippen LogP contribution in [0.2, 0.25) is 0 Å². The highest BCUT2D eigenvalue weighted by atomic mass is 32.2. The summed E-state index contributed by atoms with van der Waals surface area (Å²) in [6.07, 6.45) is 3.23. The Balaban J connectivity index is 1.53. The summed E-state index contributed by atoms with van der Waals surface area (Å²) in [4.78, 5) is 21.4. The van der Waals surface area contributed by atoms with Gasteiger partial charge in [-0.05, 0) is 18.6 Å². The number of anilines is 2. The van der Waals surface area contributed by atoms with E-state index >= 15 is 0 Å². The average Bonchev–Trinajstić information content (AvgIpc) is 3.30. The number of piperazine rings is 1. The molecule has 0 bridgehead atoms. The minimum absolute atomic E-state index is 0.178. The van der Waals surface area contributed by atoms with Gasteiger partial charge in [-0.2, -0.15) is 0 Å². The lowest BCUT2D eigenvalue weighted by Crippen LogP contribution is -2.52. The van der Waals surface area contributed by atoms with Gasteiger partial charge >= 0.3 is 0 Å². The minimum Gasteiger partial charge on any atom is -0.378 e. The molecule has 0 aliphatic carbocycles. The summed E-state index contributed by atoms with van der Waals surface area (Å²) in [6, 6.07) is 7.21. The van der Waals surface area contributed by atoms with Crippen LogP contribution in [0.25, 0.3) is 32.0 Å². The van der Waals surface area contributed by atoms with E-state index in [4.69, 9.17) is 20.4 Å². The average molecular weight is 553 g/mol. The Morgan fingerprint density at radius 1 is 1.11 bits per heavy atom. The van der Waals surface area contributed by atoms with Crippen molar-refractivity contribution in [2.24, 2.45) is 0 Å². The van der Waals surface area contributed by atoms with E-state index in [1.807, 2.05) is 19.1 Å². The van der Waals surface area contributed by atoms with Crippen LogP contribution in [0, 0.1) is 6.92 Å². The van der Waals surface area contributed by atoms with E-state index in [0.717, 1.165) is 33.0 Å². The fourth-order valence-corrected chi connectivity index (χ4v) is 7.90. The number of hydrogen-bond donors (Lipinski definition) is 3. The smallest absolute Gasteiger partial charge is 0.219 e. The first kappa shape index (κ1) is 25.1. The molecule has 2 aliphatic heterocycles. The first-order valence-electron chi connectivity index (χ1n) is 12.4. The molecule has 1 aromatic carbocycles. The molecule has 1 unspecified atom stereocenters. The molecular weight excluding hydrogens is 524 g/mol. The van der Waals surface area contributed by atoms with Crippen molar-refractivity contribution in [3.63, 3.8) is 0 Å². The first-order chi connectivity index (χ1) is 18.4. The van der Waals surface area contributed by atoms with Crippen molar-refractivity contribution in [1.29, 1.82) is 0 Å². The van der Waals surface area contributed by atoms with Crippen molar-refractivity contribution in [2.45, 2.75) is 17.2 Å². The van der Waals surface area contributed by atoms with Crippen molar-refractivity contribution >= 4 is 43.2 Å². The first-order valence-corrected chi connectivity index (χ1v) is 14.8. The van der Waals surface area contributed by atoms with Crippen LogP contribution >= 0.6 is 11.3 Å². The van der Waals surface area contributed by atoms with Crippen LogP contribution in [-0.2, 0) is 14.6 Å². The van der Waals surface area contributed by atoms with Crippen molar-refractivity contribution in [3.05, 3.63) is 42.2 Å². The number of nitrogens with one attached hydrogen (secondary N) is 2. The number of sulfone groups is 1. The molecule has 0 amide bonds. The molecule has 0 saturated carbocycles. The van der Waals surface area contributed by atoms with Gasteiger partial charge in [0.1, 0.15) is 5.37 Å². The Hall–Kier alpha value is -3.23. The van der Waals surface area contributed by atoms with Crippen molar-refractivity contribution in [2.75, 3.05) is 56.6 Å². The molecule has 6 rings (SSSR count). The molecule has 4 aromatic rings. The molecule has 1 atom stereocenters. The molecule has 0 spiro atoms. The summed E-state index contributed by atoms with van der Waals surface area (Å²) in [5, 5.41) is 5.64. The van der Waals surface area contributed by atoms with E-state index < -0.39 is 15.2 Å². The molecule has 3 aromatic heterocycles. The number of fused-ring (bicyclic) bond motifs is 1. The zero-order valence-electron chi connectivity index (χ0n) is 20.8. The molecule has 5 heterocycles. The molecule has 13 heteroatoms. The lowest BCUT2D eigenvalue weighted by atomic mass is 10.1. The Morgan fingerprint density at radius 3 is 2.61 bits per heavy atom. The Kier molecular flexibility index (Phi) is 6.70. The predicted octanol–water partition coefficient (Wildman–Crippen LogP) is 1.84. The molecule has 198 valence electrons. The maximum absolute atomic E-state index is 13.7. The monoisotopic (exact) mass is 552 g/mol. The lowest BCUT2D eigenvalue weighted by molar-refractivity contribution is 0.122. The van der Waals surface area contributed by atoms with Crippen LogP contribution in [0.1, 0.15) is 5.56 Å². The molecule has 0 radical (unpaired) electrons. The van der Waals surface area contributed by atoms with Gasteiger partial charge in [0, 0.05) is 55.6 Å². The van der Waals surface area contributed by atoms with Crippen LogP contribution in [0.5, 0.6) is 0 Å². The zero-order valence-corrected chi connectivity index (χ0v) is 22.5. The third-order valence-corrected chi connectivity index (χ3v) is 10.2. The second-order valence-electron chi connectivity index (χ2n) is 9.22. The predicted molar refractivity (Wildman–Crippen MR) is 148 cm³/mol. The zero-order chi connectivity index (χ0) is 26.3. The molecule has 2 fully saturated rings. The number of aromatic nitrogens is 4. The Bertz CT molecular complexity index is 1580. The number of rotatable bonds is 5. The number of aryl methyl sites for hydroxylation is 1. The summed E-state index contributed by atoms with van der Waals surface area (Å²) in [5.41, 5.74) is 8.70. The highest BCUT2D eigenvalue weighted by Crippen LogP contribution is 2.44. The van der Waals surface area contributed by atoms with Crippen molar-refractivity contribution < 1.29 is 13.2 Å². The van der Waals surface area contributed by atoms with Crippen LogP contribution < -0.4 is 21.3 Å². The molecule has 4 N–H and O–H groups in total. The Morgan fingerprint density at radius 2 is 1.87 bits per heavy atom. The van der Waals surface area contributed by atoms with Crippen LogP contribution in [0.15, 0.2) is 41.6 Å². The van der Waals surface area contributed by atoms with E-state index in [-0.39, 0.29) is 5.95 Å². The van der Waals surface area contributed by atoms with E-state index in [0.29, 0.717) is 61.2 Å². The standard InChI is InChI=1S/C25H28N8O3S2/c1-15-20-22(24(33-8-10-36-11-9-33)32-23(31-20)16-12-29-25(26)30-13-16)37-21(15)17-4-2-3-5-18(17)38(34,35)19-14-27-6-7-28-19/h2-5,12-13,19,27-28H,6-11,14H2,1H3,(H2,26,29,30). The number of morpholine rings is 1. The van der Waals surface area contributed by atoms with E-state index in [1.54, 1.807) is 24.5 Å². The largest absolute Gasteiger partial charge is 0.378 e. The van der Waals surface area contributed by atoms with Crippen LogP contribution in [0.3, 0.4) is 0 Å². The molecule has 2 aliphatic rings. The van der Waals surface area contributed by atoms with Gasteiger partial charge < -0.3 is 20.7 Å². The number of thiophene rings is 1. The van der Waals surface area contributed by atoms with Gasteiger partial charge in [0.25, 0.3) is 0 Å². The van der Waals surface area contributed by atoms with Crippen molar-refractivity contribution in [3.8, 4) is 21.8 Å². The third kappa shape index (κ3) is 4.50. The van der Waals surface area contributed by atoms with Gasteiger partial charge in [-0.25, -0.2) is 28.4 Å². The number of ether oxygens (including phenoxy) is 1. The van der Waals surface area contributed by atoms with E-state index in [2.05, 4.69) is 25.5 Å². The van der Waals surface area contributed by atoms with Crippen molar-refractivity contribution in [1.82, 2.24) is 30.6 Å². The minimum atomic E-state index is -3.64. The van der Waals surface area contributed by atoms with E-state index in [1.165, 1.54) is 11.3 Å². The van der Waals surface area contributed by atoms with Gasteiger partial charge in [-0.1, -0.05) is 18.2 Å². The SMILES string of the molecule is Cc1c(-c2ccccc2S(=O)(=O)C2CNCCN2)sc2c(N3CCOCC3)nc(-c3cnc(N)nc3)nc12. The maximum atomic E-state index is 13.7. The molecule has 2 saturated heterocycles.